The molecule has 3 heteroatoms. The zero-order valence-electron chi connectivity index (χ0n) is 12.9. The van der Waals surface area contributed by atoms with Crippen molar-refractivity contribution in [2.75, 3.05) is 0 Å². The van der Waals surface area contributed by atoms with Crippen LogP contribution in [0.4, 0.5) is 0 Å². The van der Waals surface area contributed by atoms with Crippen molar-refractivity contribution in [2.45, 2.75) is 36.0 Å². The Morgan fingerprint density at radius 1 is 1.23 bits per heavy atom. The predicted molar refractivity (Wildman–Crippen MR) is 90.1 cm³/mol. The maximum atomic E-state index is 12.9. The molecule has 0 aliphatic carbocycles. The molecule has 112 valence electrons. The smallest absolute Gasteiger partial charge is 0.0852 e. The van der Waals surface area contributed by atoms with Crippen LogP contribution in [0.5, 0.6) is 0 Å². The van der Waals surface area contributed by atoms with Gasteiger partial charge in [-0.05, 0) is 44.0 Å². The molecule has 0 fully saturated rings. The molecule has 0 aromatic heterocycles. The van der Waals surface area contributed by atoms with Gasteiger partial charge in [-0.2, -0.15) is 5.26 Å². The number of aryl methyl sites for hydroxylation is 1. The van der Waals surface area contributed by atoms with E-state index in [1.54, 1.807) is 0 Å². The Morgan fingerprint density at radius 2 is 1.86 bits per heavy atom. The van der Waals surface area contributed by atoms with Crippen LogP contribution in [-0.4, -0.2) is 4.21 Å². The van der Waals surface area contributed by atoms with Crippen molar-refractivity contribution in [3.8, 4) is 6.07 Å². The van der Waals surface area contributed by atoms with Crippen molar-refractivity contribution in [2.24, 2.45) is 0 Å². The van der Waals surface area contributed by atoms with Crippen LogP contribution < -0.4 is 0 Å². The van der Waals surface area contributed by atoms with E-state index in [2.05, 4.69) is 12.6 Å². The quantitative estimate of drug-likeness (QED) is 0.749. The Balaban J connectivity index is 2.43. The number of hydrogen-bond acceptors (Lipinski definition) is 2. The van der Waals surface area contributed by atoms with Crippen LogP contribution >= 0.6 is 0 Å². The fourth-order valence-corrected chi connectivity index (χ4v) is 3.56. The summed E-state index contributed by atoms with van der Waals surface area (Å²) in [5.41, 5.74) is 2.90. The molecule has 0 aliphatic heterocycles. The van der Waals surface area contributed by atoms with E-state index in [4.69, 9.17) is 0 Å². The second-order valence-electron chi connectivity index (χ2n) is 5.46. The Kier molecular flexibility index (Phi) is 5.30. The van der Waals surface area contributed by atoms with Crippen molar-refractivity contribution in [1.29, 1.82) is 5.26 Å². The highest BCUT2D eigenvalue weighted by molar-refractivity contribution is 7.85. The molecule has 0 spiro atoms. The molecule has 0 aliphatic rings. The van der Waals surface area contributed by atoms with Gasteiger partial charge in [0.15, 0.2) is 0 Å². The third-order valence-corrected chi connectivity index (χ3v) is 4.91. The fraction of sp³-hybridized carbons (Fsp3) is 0.211. The Bertz CT molecular complexity index is 741. The fourth-order valence-electron chi connectivity index (χ4n) is 2.30. The van der Waals surface area contributed by atoms with Gasteiger partial charge in [-0.15, -0.1) is 6.58 Å². The van der Waals surface area contributed by atoms with Crippen molar-refractivity contribution in [3.05, 3.63) is 71.8 Å². The van der Waals surface area contributed by atoms with Gasteiger partial charge in [-0.1, -0.05) is 41.5 Å². The van der Waals surface area contributed by atoms with Crippen LogP contribution in [0.3, 0.4) is 0 Å². The lowest BCUT2D eigenvalue weighted by atomic mass is 9.94. The average Bonchev–Trinajstić information content (AvgIpc) is 2.52. The third-order valence-electron chi connectivity index (χ3n) is 3.44. The van der Waals surface area contributed by atoms with Gasteiger partial charge in [0.25, 0.3) is 0 Å². The van der Waals surface area contributed by atoms with E-state index in [1.165, 1.54) is 0 Å². The largest absolute Gasteiger partial charge is 0.249 e. The molecule has 2 aromatic rings. The van der Waals surface area contributed by atoms with E-state index in [9.17, 15) is 9.47 Å². The minimum atomic E-state index is -1.28. The molecule has 2 unspecified atom stereocenters. The molecule has 2 aromatic carbocycles. The van der Waals surface area contributed by atoms with Crippen molar-refractivity contribution in [1.82, 2.24) is 0 Å². The van der Waals surface area contributed by atoms with Crippen LogP contribution in [-0.2, 0) is 10.8 Å². The standard InChI is InChI=1S/C19H19NOS/c1-14(2)12-16(13-20)18-6-4-5-7-19(18)22(21)17-10-8-15(3)9-11-17/h4-11,16H,1,12H2,2-3H3. The number of nitriles is 1. The van der Waals surface area contributed by atoms with Gasteiger partial charge in [0.1, 0.15) is 0 Å². The highest BCUT2D eigenvalue weighted by Gasteiger charge is 2.19. The molecule has 0 bridgehead atoms. The second kappa shape index (κ2) is 7.20. The highest BCUT2D eigenvalue weighted by atomic mass is 32.2. The molecular weight excluding hydrogens is 290 g/mol. The molecule has 2 nitrogen and oxygen atoms in total. The zero-order valence-corrected chi connectivity index (χ0v) is 13.7. The highest BCUT2D eigenvalue weighted by Crippen LogP contribution is 2.29. The molecular formula is C19H19NOS. The van der Waals surface area contributed by atoms with Crippen LogP contribution in [0, 0.1) is 18.3 Å². The summed E-state index contributed by atoms with van der Waals surface area (Å²) in [5.74, 6) is -0.317. The summed E-state index contributed by atoms with van der Waals surface area (Å²) in [4.78, 5) is 1.46. The average molecular weight is 309 g/mol. The van der Waals surface area contributed by atoms with E-state index < -0.39 is 10.8 Å². The maximum Gasteiger partial charge on any atom is 0.0852 e. The van der Waals surface area contributed by atoms with Gasteiger partial charge in [0.2, 0.25) is 0 Å². The molecule has 0 saturated heterocycles. The van der Waals surface area contributed by atoms with E-state index in [0.717, 1.165) is 21.6 Å². The molecule has 0 radical (unpaired) electrons. The van der Waals surface area contributed by atoms with Crippen molar-refractivity contribution in [3.63, 3.8) is 0 Å². The first-order valence-corrected chi connectivity index (χ1v) is 8.29. The van der Waals surface area contributed by atoms with Crippen molar-refractivity contribution >= 4 is 10.8 Å². The molecule has 0 heterocycles. The maximum absolute atomic E-state index is 12.9. The topological polar surface area (TPSA) is 40.9 Å². The monoisotopic (exact) mass is 309 g/mol. The van der Waals surface area contributed by atoms with Crippen LogP contribution in [0.2, 0.25) is 0 Å². The van der Waals surface area contributed by atoms with Crippen molar-refractivity contribution < 1.29 is 4.21 Å². The Labute approximate surface area is 134 Å². The zero-order chi connectivity index (χ0) is 16.1. The molecule has 22 heavy (non-hydrogen) atoms. The number of hydrogen-bond donors (Lipinski definition) is 0. The molecule has 2 atom stereocenters. The van der Waals surface area contributed by atoms with Gasteiger partial charge in [0, 0.05) is 9.79 Å². The van der Waals surface area contributed by atoms with Gasteiger partial charge in [-0.3, -0.25) is 0 Å². The lowest BCUT2D eigenvalue weighted by molar-refractivity contribution is 0.681. The summed E-state index contributed by atoms with van der Waals surface area (Å²) in [7, 11) is -1.28. The predicted octanol–water partition coefficient (Wildman–Crippen LogP) is 4.74. The van der Waals surface area contributed by atoms with Gasteiger partial charge < -0.3 is 0 Å². The molecule has 0 N–H and O–H groups in total. The summed E-state index contributed by atoms with van der Waals surface area (Å²) in [6, 6.07) is 17.4. The summed E-state index contributed by atoms with van der Waals surface area (Å²) in [5, 5.41) is 9.45. The van der Waals surface area contributed by atoms with E-state index in [0.29, 0.717) is 11.3 Å². The van der Waals surface area contributed by atoms with Gasteiger partial charge in [-0.25, -0.2) is 4.21 Å². The van der Waals surface area contributed by atoms with E-state index in [-0.39, 0.29) is 5.92 Å². The third kappa shape index (κ3) is 3.72. The molecule has 0 amide bonds. The SMILES string of the molecule is C=C(C)CC(C#N)c1ccccc1S(=O)c1ccc(C)cc1. The number of nitrogens with zero attached hydrogens (tertiary/aromatic N) is 1. The number of allylic oxidation sites excluding steroid dienone is 1. The lowest BCUT2D eigenvalue weighted by Gasteiger charge is -2.14. The second-order valence-corrected chi connectivity index (χ2v) is 6.91. The van der Waals surface area contributed by atoms with Crippen LogP contribution in [0.1, 0.15) is 30.4 Å². The van der Waals surface area contributed by atoms with E-state index >= 15 is 0 Å². The van der Waals surface area contributed by atoms with Gasteiger partial charge >= 0.3 is 0 Å². The first-order chi connectivity index (χ1) is 10.5. The molecule has 0 saturated carbocycles. The minimum absolute atomic E-state index is 0.317. The van der Waals surface area contributed by atoms with Gasteiger partial charge in [0.05, 0.1) is 22.8 Å². The van der Waals surface area contributed by atoms with E-state index in [1.807, 2.05) is 62.4 Å². The summed E-state index contributed by atoms with van der Waals surface area (Å²) >= 11 is 0. The van der Waals surface area contributed by atoms with Crippen LogP contribution in [0.15, 0.2) is 70.5 Å². The Morgan fingerprint density at radius 3 is 2.45 bits per heavy atom. The number of benzene rings is 2. The summed E-state index contributed by atoms with van der Waals surface area (Å²) in [6.45, 7) is 7.79. The lowest BCUT2D eigenvalue weighted by Crippen LogP contribution is -2.04. The first-order valence-electron chi connectivity index (χ1n) is 7.14. The Hall–Kier alpha value is -2.18. The molecule has 2 rings (SSSR count). The number of rotatable bonds is 5. The summed E-state index contributed by atoms with van der Waals surface area (Å²) < 4.78 is 12.9. The summed E-state index contributed by atoms with van der Waals surface area (Å²) in [6.07, 6.45) is 0.582. The van der Waals surface area contributed by atoms with Crippen LogP contribution in [0.25, 0.3) is 0 Å². The first kappa shape index (κ1) is 16.2. The normalized spacial score (nSPS) is 13.1. The minimum Gasteiger partial charge on any atom is -0.249 e.